The molecule has 1 saturated heterocycles. The van der Waals surface area contributed by atoms with E-state index in [4.69, 9.17) is 0 Å². The Balaban J connectivity index is 1.67. The molecule has 0 aromatic carbocycles. The molecule has 1 fully saturated rings. The zero-order chi connectivity index (χ0) is 12.4. The first-order valence-electron chi connectivity index (χ1n) is 6.56. The van der Waals surface area contributed by atoms with Gasteiger partial charge >= 0.3 is 0 Å². The van der Waals surface area contributed by atoms with Gasteiger partial charge in [-0.2, -0.15) is 5.10 Å². The molecule has 0 spiro atoms. The zero-order valence-corrected chi connectivity index (χ0v) is 10.8. The van der Waals surface area contributed by atoms with E-state index in [1.165, 1.54) is 5.56 Å². The summed E-state index contributed by atoms with van der Waals surface area (Å²) in [7, 11) is 0. The van der Waals surface area contributed by atoms with Crippen LogP contribution in [0.4, 0.5) is 0 Å². The molecule has 2 aromatic heterocycles. The van der Waals surface area contributed by atoms with Gasteiger partial charge in [-0.05, 0) is 24.6 Å². The number of aromatic nitrogens is 3. The highest BCUT2D eigenvalue weighted by Crippen LogP contribution is 2.05. The fourth-order valence-corrected chi connectivity index (χ4v) is 2.33. The molecule has 5 nitrogen and oxygen atoms in total. The molecule has 0 amide bonds. The lowest BCUT2D eigenvalue weighted by atomic mass is 10.3. The maximum absolute atomic E-state index is 4.57. The molecule has 1 aliphatic heterocycles. The Hall–Kier alpha value is -1.46. The number of nitrogens with one attached hydrogen (secondary N) is 1. The van der Waals surface area contributed by atoms with E-state index in [-0.39, 0.29) is 0 Å². The summed E-state index contributed by atoms with van der Waals surface area (Å²) < 4.78 is 1.86. The molecule has 96 valence electrons. The van der Waals surface area contributed by atoms with Crippen LogP contribution in [0.2, 0.25) is 0 Å². The third-order valence-corrected chi connectivity index (χ3v) is 3.40. The Morgan fingerprint density at radius 1 is 1.33 bits per heavy atom. The van der Waals surface area contributed by atoms with Crippen LogP contribution in [0.25, 0.3) is 5.65 Å². The lowest BCUT2D eigenvalue weighted by Gasteiger charge is -2.26. The number of piperazine rings is 1. The first kappa shape index (κ1) is 11.6. The molecule has 0 unspecified atom stereocenters. The molecular formula is C13H19N5. The van der Waals surface area contributed by atoms with Crippen LogP contribution in [0.3, 0.4) is 0 Å². The van der Waals surface area contributed by atoms with Crippen molar-refractivity contribution in [1.82, 2.24) is 24.8 Å². The number of pyridine rings is 1. The van der Waals surface area contributed by atoms with Crippen molar-refractivity contribution in [2.45, 2.75) is 13.3 Å². The number of fused-ring (bicyclic) bond motifs is 1. The number of aryl methyl sites for hydroxylation is 1. The largest absolute Gasteiger partial charge is 0.314 e. The molecule has 0 saturated carbocycles. The smallest absolute Gasteiger partial charge is 0.155 e. The predicted molar refractivity (Wildman–Crippen MR) is 70.7 cm³/mol. The highest BCUT2D eigenvalue weighted by atomic mass is 15.3. The number of hydrogen-bond donors (Lipinski definition) is 1. The van der Waals surface area contributed by atoms with Gasteiger partial charge < -0.3 is 10.2 Å². The molecule has 0 aliphatic carbocycles. The van der Waals surface area contributed by atoms with Gasteiger partial charge in [0.2, 0.25) is 0 Å². The summed E-state index contributed by atoms with van der Waals surface area (Å²) in [6.07, 6.45) is 2.91. The van der Waals surface area contributed by atoms with E-state index in [1.807, 2.05) is 10.7 Å². The van der Waals surface area contributed by atoms with Gasteiger partial charge in [0.1, 0.15) is 0 Å². The summed E-state index contributed by atoms with van der Waals surface area (Å²) >= 11 is 0. The van der Waals surface area contributed by atoms with Gasteiger partial charge in [-0.1, -0.05) is 0 Å². The van der Waals surface area contributed by atoms with E-state index in [1.54, 1.807) is 0 Å². The van der Waals surface area contributed by atoms with Crippen LogP contribution in [-0.2, 0) is 6.42 Å². The maximum Gasteiger partial charge on any atom is 0.155 e. The summed E-state index contributed by atoms with van der Waals surface area (Å²) in [6.45, 7) is 7.58. The second-order valence-corrected chi connectivity index (χ2v) is 4.88. The molecule has 0 atom stereocenters. The molecule has 1 N–H and O–H groups in total. The summed E-state index contributed by atoms with van der Waals surface area (Å²) in [4.78, 5) is 7.03. The first-order valence-corrected chi connectivity index (χ1v) is 6.56. The van der Waals surface area contributed by atoms with Crippen molar-refractivity contribution in [1.29, 1.82) is 0 Å². The molecule has 0 radical (unpaired) electrons. The van der Waals surface area contributed by atoms with Crippen molar-refractivity contribution >= 4 is 5.65 Å². The normalized spacial score (nSPS) is 17.4. The van der Waals surface area contributed by atoms with Gasteiger partial charge in [0.15, 0.2) is 11.5 Å². The van der Waals surface area contributed by atoms with Gasteiger partial charge in [-0.15, -0.1) is 0 Å². The Kier molecular flexibility index (Phi) is 3.25. The number of rotatable bonds is 3. The molecule has 1 aliphatic rings. The molecule has 18 heavy (non-hydrogen) atoms. The van der Waals surface area contributed by atoms with E-state index >= 15 is 0 Å². The standard InChI is InChI=1S/C13H19N5/c1-11-2-7-18-13(10-11)15-12(16-18)3-6-17-8-4-14-5-9-17/h2,7,10,14H,3-6,8-9H2,1H3. The summed E-state index contributed by atoms with van der Waals surface area (Å²) in [5, 5.41) is 7.87. The molecular weight excluding hydrogens is 226 g/mol. The van der Waals surface area contributed by atoms with Crippen molar-refractivity contribution in [3.8, 4) is 0 Å². The van der Waals surface area contributed by atoms with Crippen molar-refractivity contribution in [2.24, 2.45) is 0 Å². The van der Waals surface area contributed by atoms with Crippen LogP contribution >= 0.6 is 0 Å². The summed E-state index contributed by atoms with van der Waals surface area (Å²) in [6, 6.07) is 4.13. The first-order chi connectivity index (χ1) is 8.81. The fraction of sp³-hybridized carbons (Fsp3) is 0.538. The van der Waals surface area contributed by atoms with E-state index in [0.29, 0.717) is 0 Å². The minimum absolute atomic E-state index is 0.931. The Labute approximate surface area is 107 Å². The molecule has 0 bridgehead atoms. The predicted octanol–water partition coefficient (Wildman–Crippen LogP) is 0.485. The monoisotopic (exact) mass is 245 g/mol. The topological polar surface area (TPSA) is 45.5 Å². The van der Waals surface area contributed by atoms with Crippen LogP contribution in [0, 0.1) is 6.92 Å². The van der Waals surface area contributed by atoms with Crippen LogP contribution in [0.5, 0.6) is 0 Å². The minimum Gasteiger partial charge on any atom is -0.314 e. The average Bonchev–Trinajstić information content (AvgIpc) is 2.79. The van der Waals surface area contributed by atoms with Gasteiger partial charge in [-0.25, -0.2) is 9.50 Å². The van der Waals surface area contributed by atoms with E-state index in [9.17, 15) is 0 Å². The van der Waals surface area contributed by atoms with Crippen molar-refractivity contribution < 1.29 is 0 Å². The fourth-order valence-electron chi connectivity index (χ4n) is 2.33. The lowest BCUT2D eigenvalue weighted by molar-refractivity contribution is 0.242. The third-order valence-electron chi connectivity index (χ3n) is 3.40. The van der Waals surface area contributed by atoms with Crippen molar-refractivity contribution in [2.75, 3.05) is 32.7 Å². The Morgan fingerprint density at radius 2 is 2.17 bits per heavy atom. The van der Waals surface area contributed by atoms with Gasteiger partial charge in [0, 0.05) is 45.3 Å². The SMILES string of the molecule is Cc1ccn2nc(CCN3CCNCC3)nc2c1. The highest BCUT2D eigenvalue weighted by molar-refractivity contribution is 5.39. The Bertz CT molecular complexity index is 527. The van der Waals surface area contributed by atoms with E-state index < -0.39 is 0 Å². The second-order valence-electron chi connectivity index (χ2n) is 4.88. The third kappa shape index (κ3) is 2.52. The lowest BCUT2D eigenvalue weighted by Crippen LogP contribution is -2.44. The molecule has 2 aromatic rings. The number of nitrogens with zero attached hydrogens (tertiary/aromatic N) is 4. The molecule has 5 heteroatoms. The van der Waals surface area contributed by atoms with Crippen LogP contribution in [-0.4, -0.2) is 52.2 Å². The van der Waals surface area contributed by atoms with Crippen LogP contribution in [0.15, 0.2) is 18.3 Å². The zero-order valence-electron chi connectivity index (χ0n) is 10.8. The average molecular weight is 245 g/mol. The highest BCUT2D eigenvalue weighted by Gasteiger charge is 2.11. The van der Waals surface area contributed by atoms with Crippen molar-refractivity contribution in [3.63, 3.8) is 0 Å². The molecule has 3 heterocycles. The van der Waals surface area contributed by atoms with Gasteiger partial charge in [-0.3, -0.25) is 0 Å². The maximum atomic E-state index is 4.57. The number of hydrogen-bond acceptors (Lipinski definition) is 4. The second kappa shape index (κ2) is 5.04. The van der Waals surface area contributed by atoms with E-state index in [0.717, 1.165) is 50.6 Å². The summed E-state index contributed by atoms with van der Waals surface area (Å²) in [5.74, 6) is 0.944. The van der Waals surface area contributed by atoms with E-state index in [2.05, 4.69) is 39.4 Å². The van der Waals surface area contributed by atoms with Gasteiger partial charge in [0.05, 0.1) is 0 Å². The minimum atomic E-state index is 0.931. The summed E-state index contributed by atoms with van der Waals surface area (Å²) in [5.41, 5.74) is 2.17. The molecule has 3 rings (SSSR count). The quantitative estimate of drug-likeness (QED) is 0.854. The van der Waals surface area contributed by atoms with Crippen LogP contribution in [0.1, 0.15) is 11.4 Å². The van der Waals surface area contributed by atoms with Crippen molar-refractivity contribution in [3.05, 3.63) is 29.7 Å². The van der Waals surface area contributed by atoms with Crippen LogP contribution < -0.4 is 5.32 Å². The van der Waals surface area contributed by atoms with Gasteiger partial charge in [0.25, 0.3) is 0 Å². The Morgan fingerprint density at radius 3 is 3.00 bits per heavy atom.